The first kappa shape index (κ1) is 15.2. The minimum absolute atomic E-state index is 0.230. The first-order valence-electron chi connectivity index (χ1n) is 6.02. The van der Waals surface area contributed by atoms with Crippen molar-refractivity contribution in [2.45, 2.75) is 56.6 Å². The molecule has 0 saturated carbocycles. The standard InChI is InChI=1S/C11H23BO4Si/c1-11(2,17(3,4)15)5-7-9(14)8(6-13)16-10(7)12/h7-10,13-15H,5-6H2,1-4H3/t7?,8-,9-,10-/m1/s1. The molecule has 0 aliphatic carbocycles. The van der Waals surface area contributed by atoms with Crippen molar-refractivity contribution in [3.05, 3.63) is 0 Å². The van der Waals surface area contributed by atoms with Gasteiger partial charge < -0.3 is 19.7 Å². The van der Waals surface area contributed by atoms with Gasteiger partial charge in [-0.15, -0.1) is 0 Å². The Morgan fingerprint density at radius 3 is 2.24 bits per heavy atom. The average molecular weight is 258 g/mol. The lowest BCUT2D eigenvalue weighted by molar-refractivity contribution is -0.00532. The molecule has 1 rings (SSSR count). The summed E-state index contributed by atoms with van der Waals surface area (Å²) in [5.74, 6) is -0.235. The van der Waals surface area contributed by atoms with E-state index in [0.29, 0.717) is 6.42 Å². The van der Waals surface area contributed by atoms with Crippen LogP contribution in [0.2, 0.25) is 18.1 Å². The van der Waals surface area contributed by atoms with Gasteiger partial charge in [0.15, 0.2) is 8.32 Å². The molecule has 1 unspecified atom stereocenters. The molecule has 1 saturated heterocycles. The Balaban J connectivity index is 2.75. The third kappa shape index (κ3) is 3.12. The summed E-state index contributed by atoms with van der Waals surface area (Å²) in [5.41, 5.74) is 0. The van der Waals surface area contributed by atoms with Crippen molar-refractivity contribution in [3.8, 4) is 0 Å². The first-order chi connectivity index (χ1) is 7.60. The van der Waals surface area contributed by atoms with Gasteiger partial charge in [-0.3, -0.25) is 0 Å². The topological polar surface area (TPSA) is 69.9 Å². The maximum atomic E-state index is 10.2. The van der Waals surface area contributed by atoms with E-state index < -0.39 is 26.5 Å². The molecule has 4 nitrogen and oxygen atoms in total. The predicted molar refractivity (Wildman–Crippen MR) is 69.4 cm³/mol. The molecule has 2 radical (unpaired) electrons. The lowest BCUT2D eigenvalue weighted by Crippen LogP contribution is -2.43. The van der Waals surface area contributed by atoms with E-state index in [4.69, 9.17) is 17.7 Å². The molecule has 0 amide bonds. The van der Waals surface area contributed by atoms with Crippen LogP contribution in [0.5, 0.6) is 0 Å². The molecule has 0 aromatic carbocycles. The highest BCUT2D eigenvalue weighted by Gasteiger charge is 2.47. The van der Waals surface area contributed by atoms with Gasteiger partial charge in [-0.2, -0.15) is 0 Å². The number of aliphatic hydroxyl groups is 2. The van der Waals surface area contributed by atoms with E-state index in [-0.39, 0.29) is 17.6 Å². The third-order valence-corrected chi connectivity index (χ3v) is 7.67. The van der Waals surface area contributed by atoms with Gasteiger partial charge in [-0.05, 0) is 24.6 Å². The minimum Gasteiger partial charge on any atom is -0.432 e. The maximum Gasteiger partial charge on any atom is 0.188 e. The summed E-state index contributed by atoms with van der Waals surface area (Å²) in [6.07, 6.45) is -0.762. The summed E-state index contributed by atoms with van der Waals surface area (Å²) in [4.78, 5) is 10.2. The smallest absolute Gasteiger partial charge is 0.188 e. The molecule has 0 spiro atoms. The van der Waals surface area contributed by atoms with Crippen LogP contribution in [0.3, 0.4) is 0 Å². The molecule has 1 heterocycles. The van der Waals surface area contributed by atoms with Crippen LogP contribution in [0.15, 0.2) is 0 Å². The van der Waals surface area contributed by atoms with Crippen LogP contribution in [0.4, 0.5) is 0 Å². The zero-order valence-corrected chi connectivity index (χ0v) is 12.1. The highest BCUT2D eigenvalue weighted by Crippen LogP contribution is 2.45. The Labute approximate surface area is 106 Å². The van der Waals surface area contributed by atoms with Crippen LogP contribution in [-0.4, -0.2) is 56.0 Å². The largest absolute Gasteiger partial charge is 0.432 e. The van der Waals surface area contributed by atoms with Gasteiger partial charge in [-0.25, -0.2) is 0 Å². The molecule has 17 heavy (non-hydrogen) atoms. The van der Waals surface area contributed by atoms with Gasteiger partial charge in [0.1, 0.15) is 14.0 Å². The SMILES string of the molecule is [B][C@@H]1O[C@H](CO)[C@H](O)C1CC(C)(C)[Si](C)(C)O. The Bertz CT molecular complexity index is 267. The van der Waals surface area contributed by atoms with Gasteiger partial charge in [0, 0.05) is 11.9 Å². The predicted octanol–water partition coefficient (Wildman–Crippen LogP) is 0.217. The molecule has 98 valence electrons. The van der Waals surface area contributed by atoms with Gasteiger partial charge in [0.2, 0.25) is 0 Å². The summed E-state index contributed by atoms with van der Waals surface area (Å²) in [7, 11) is 3.50. The van der Waals surface area contributed by atoms with Crippen LogP contribution in [0, 0.1) is 5.92 Å². The lowest BCUT2D eigenvalue weighted by atomic mass is 9.79. The highest BCUT2D eigenvalue weighted by atomic mass is 28.4. The van der Waals surface area contributed by atoms with Crippen molar-refractivity contribution in [3.63, 3.8) is 0 Å². The monoisotopic (exact) mass is 258 g/mol. The van der Waals surface area contributed by atoms with Crippen LogP contribution in [0.1, 0.15) is 20.3 Å². The molecule has 0 aromatic heterocycles. The zero-order chi connectivity index (χ0) is 13.4. The van der Waals surface area contributed by atoms with Crippen LogP contribution >= 0.6 is 0 Å². The van der Waals surface area contributed by atoms with Crippen LogP contribution in [0.25, 0.3) is 0 Å². The Morgan fingerprint density at radius 1 is 1.35 bits per heavy atom. The van der Waals surface area contributed by atoms with E-state index in [0.717, 1.165) is 0 Å². The van der Waals surface area contributed by atoms with E-state index in [9.17, 15) is 9.90 Å². The first-order valence-corrected chi connectivity index (χ1v) is 8.97. The molecule has 4 atom stereocenters. The molecule has 3 N–H and O–H groups in total. The van der Waals surface area contributed by atoms with Crippen molar-refractivity contribution >= 4 is 16.2 Å². The van der Waals surface area contributed by atoms with Gasteiger partial charge in [-0.1, -0.05) is 13.8 Å². The third-order valence-electron chi connectivity index (χ3n) is 4.16. The number of hydrogen-bond donors (Lipinski definition) is 3. The molecular formula is C11H23BO4Si. The fourth-order valence-electron chi connectivity index (χ4n) is 2.08. The quantitative estimate of drug-likeness (QED) is 0.631. The van der Waals surface area contributed by atoms with Crippen molar-refractivity contribution in [1.82, 2.24) is 0 Å². The number of aliphatic hydroxyl groups excluding tert-OH is 2. The Morgan fingerprint density at radius 2 is 1.88 bits per heavy atom. The Hall–Kier alpha value is 0.122. The van der Waals surface area contributed by atoms with Crippen molar-refractivity contribution in [2.24, 2.45) is 5.92 Å². The molecule has 6 heteroatoms. The molecule has 1 aliphatic heterocycles. The molecule has 0 aromatic rings. The summed E-state index contributed by atoms with van der Waals surface area (Å²) in [5, 5.41) is 18.8. The van der Waals surface area contributed by atoms with E-state index in [1.54, 1.807) is 0 Å². The average Bonchev–Trinajstić information content (AvgIpc) is 2.43. The van der Waals surface area contributed by atoms with Gasteiger partial charge >= 0.3 is 0 Å². The minimum atomic E-state index is -2.33. The number of rotatable bonds is 4. The second kappa shape index (κ2) is 5.01. The van der Waals surface area contributed by atoms with Crippen LogP contribution < -0.4 is 0 Å². The summed E-state index contributed by atoms with van der Waals surface area (Å²) < 4.78 is 5.31. The zero-order valence-electron chi connectivity index (χ0n) is 11.1. The normalized spacial score (nSPS) is 35.2. The lowest BCUT2D eigenvalue weighted by Gasteiger charge is -2.38. The van der Waals surface area contributed by atoms with Gasteiger partial charge in [0.25, 0.3) is 0 Å². The van der Waals surface area contributed by atoms with E-state index >= 15 is 0 Å². The Kier molecular flexibility index (Phi) is 4.48. The molecule has 0 bridgehead atoms. The molecular weight excluding hydrogens is 235 g/mol. The van der Waals surface area contributed by atoms with Crippen molar-refractivity contribution in [2.75, 3.05) is 6.61 Å². The fraction of sp³-hybridized carbons (Fsp3) is 1.00. The van der Waals surface area contributed by atoms with Crippen molar-refractivity contribution in [1.29, 1.82) is 0 Å². The fourth-order valence-corrected chi connectivity index (χ4v) is 2.82. The maximum absolute atomic E-state index is 10.2. The number of hydrogen-bond acceptors (Lipinski definition) is 4. The molecule has 1 aliphatic rings. The van der Waals surface area contributed by atoms with Crippen molar-refractivity contribution < 1.29 is 19.7 Å². The van der Waals surface area contributed by atoms with Crippen LogP contribution in [-0.2, 0) is 4.74 Å². The van der Waals surface area contributed by atoms with E-state index in [1.807, 2.05) is 26.9 Å². The summed E-state index contributed by atoms with van der Waals surface area (Å²) in [6, 6.07) is -0.572. The van der Waals surface area contributed by atoms with E-state index in [2.05, 4.69) is 0 Å². The second-order valence-electron chi connectivity index (χ2n) is 6.12. The summed E-state index contributed by atoms with van der Waals surface area (Å²) in [6.45, 7) is 7.51. The molecule has 1 fully saturated rings. The number of ether oxygens (including phenoxy) is 1. The van der Waals surface area contributed by atoms with E-state index in [1.165, 1.54) is 0 Å². The van der Waals surface area contributed by atoms with Gasteiger partial charge in [0.05, 0.1) is 12.7 Å². The second-order valence-corrected chi connectivity index (χ2v) is 10.6. The highest BCUT2D eigenvalue weighted by molar-refractivity contribution is 6.72. The summed E-state index contributed by atoms with van der Waals surface area (Å²) >= 11 is 0.